The first-order chi connectivity index (χ1) is 8.98. The molecular formula is C17H25ClO. The molecule has 0 spiro atoms. The second-order valence-electron chi connectivity index (χ2n) is 6.49. The Hall–Kier alpha value is -0.530. The van der Waals surface area contributed by atoms with Crippen molar-refractivity contribution in [3.8, 4) is 0 Å². The molecule has 0 saturated carbocycles. The summed E-state index contributed by atoms with van der Waals surface area (Å²) in [5.74, 6) is 1.23. The minimum Gasteiger partial charge on any atom is -0.372 e. The summed E-state index contributed by atoms with van der Waals surface area (Å²) < 4.78 is 6.08. The standard InChI is InChI=1S/C17H25ClO/c1-13-5-4-6-14(9-13)10-15(12-18)11-16-7-8-17(2,3)19-16/h4-6,9,15-16H,7-8,10-12H2,1-3H3. The van der Waals surface area contributed by atoms with Crippen molar-refractivity contribution in [1.82, 2.24) is 0 Å². The fourth-order valence-corrected chi connectivity index (χ4v) is 3.22. The average molecular weight is 281 g/mol. The zero-order valence-electron chi connectivity index (χ0n) is 12.3. The van der Waals surface area contributed by atoms with E-state index in [1.165, 1.54) is 17.5 Å². The SMILES string of the molecule is Cc1cccc(CC(CCl)CC2CCC(C)(C)O2)c1. The molecule has 1 aliphatic rings. The molecule has 0 amide bonds. The van der Waals surface area contributed by atoms with Crippen molar-refractivity contribution in [3.05, 3.63) is 35.4 Å². The lowest BCUT2D eigenvalue weighted by Crippen LogP contribution is -2.22. The van der Waals surface area contributed by atoms with Gasteiger partial charge in [-0.2, -0.15) is 0 Å². The number of alkyl halides is 1. The molecule has 1 aromatic carbocycles. The molecule has 1 heterocycles. The fraction of sp³-hybridized carbons (Fsp3) is 0.647. The summed E-state index contributed by atoms with van der Waals surface area (Å²) in [6, 6.07) is 8.73. The maximum atomic E-state index is 6.15. The predicted molar refractivity (Wildman–Crippen MR) is 81.9 cm³/mol. The summed E-state index contributed by atoms with van der Waals surface area (Å²) in [7, 11) is 0. The Bertz CT molecular complexity index is 413. The van der Waals surface area contributed by atoms with E-state index < -0.39 is 0 Å². The van der Waals surface area contributed by atoms with Gasteiger partial charge >= 0.3 is 0 Å². The minimum atomic E-state index is 0.0604. The maximum Gasteiger partial charge on any atom is 0.0631 e. The van der Waals surface area contributed by atoms with E-state index in [2.05, 4.69) is 45.0 Å². The third-order valence-electron chi connectivity index (χ3n) is 3.98. The Kier molecular flexibility index (Phi) is 4.92. The maximum absolute atomic E-state index is 6.15. The van der Waals surface area contributed by atoms with Crippen molar-refractivity contribution in [2.75, 3.05) is 5.88 Å². The van der Waals surface area contributed by atoms with E-state index in [1.54, 1.807) is 0 Å². The lowest BCUT2D eigenvalue weighted by Gasteiger charge is -2.22. The van der Waals surface area contributed by atoms with Gasteiger partial charge in [0.1, 0.15) is 0 Å². The molecule has 0 radical (unpaired) electrons. The predicted octanol–water partition coefficient (Wildman–Crippen LogP) is 4.74. The van der Waals surface area contributed by atoms with Crippen LogP contribution in [0.25, 0.3) is 0 Å². The molecule has 1 fully saturated rings. The topological polar surface area (TPSA) is 9.23 Å². The molecule has 2 atom stereocenters. The molecule has 2 rings (SSSR count). The highest BCUT2D eigenvalue weighted by Gasteiger charge is 2.32. The molecule has 2 heteroatoms. The molecular weight excluding hydrogens is 256 g/mol. The van der Waals surface area contributed by atoms with Crippen LogP contribution in [-0.4, -0.2) is 17.6 Å². The number of hydrogen-bond donors (Lipinski definition) is 0. The van der Waals surface area contributed by atoms with Crippen molar-refractivity contribution < 1.29 is 4.74 Å². The van der Waals surface area contributed by atoms with E-state index in [4.69, 9.17) is 16.3 Å². The summed E-state index contributed by atoms with van der Waals surface area (Å²) in [4.78, 5) is 0. The summed E-state index contributed by atoms with van der Waals surface area (Å²) in [5.41, 5.74) is 2.78. The lowest BCUT2D eigenvalue weighted by atomic mass is 9.93. The molecule has 0 aromatic heterocycles. The van der Waals surface area contributed by atoms with Crippen LogP contribution in [0.1, 0.15) is 44.2 Å². The van der Waals surface area contributed by atoms with Crippen LogP contribution in [-0.2, 0) is 11.2 Å². The van der Waals surface area contributed by atoms with Crippen LogP contribution in [0.4, 0.5) is 0 Å². The van der Waals surface area contributed by atoms with E-state index in [-0.39, 0.29) is 5.60 Å². The number of halogens is 1. The molecule has 1 nitrogen and oxygen atoms in total. The average Bonchev–Trinajstić information content (AvgIpc) is 2.68. The lowest BCUT2D eigenvalue weighted by molar-refractivity contribution is -0.0234. The van der Waals surface area contributed by atoms with E-state index in [0.29, 0.717) is 17.9 Å². The highest BCUT2D eigenvalue weighted by atomic mass is 35.5. The first-order valence-corrected chi connectivity index (χ1v) is 7.81. The van der Waals surface area contributed by atoms with Crippen LogP contribution in [0.3, 0.4) is 0 Å². The zero-order chi connectivity index (χ0) is 13.9. The van der Waals surface area contributed by atoms with Crippen molar-refractivity contribution in [1.29, 1.82) is 0 Å². The monoisotopic (exact) mass is 280 g/mol. The van der Waals surface area contributed by atoms with Gasteiger partial charge < -0.3 is 4.74 Å². The highest BCUT2D eigenvalue weighted by molar-refractivity contribution is 6.18. The van der Waals surface area contributed by atoms with Gasteiger partial charge in [0.15, 0.2) is 0 Å². The second-order valence-corrected chi connectivity index (χ2v) is 6.80. The molecule has 106 valence electrons. The van der Waals surface area contributed by atoms with Crippen LogP contribution >= 0.6 is 11.6 Å². The van der Waals surface area contributed by atoms with Gasteiger partial charge in [-0.3, -0.25) is 0 Å². The third-order valence-corrected chi connectivity index (χ3v) is 4.41. The Morgan fingerprint density at radius 2 is 2.21 bits per heavy atom. The van der Waals surface area contributed by atoms with Gasteiger partial charge in [0.05, 0.1) is 11.7 Å². The largest absolute Gasteiger partial charge is 0.372 e. The summed E-state index contributed by atoms with van der Waals surface area (Å²) in [6.45, 7) is 6.51. The van der Waals surface area contributed by atoms with Gasteiger partial charge in [-0.05, 0) is 57.9 Å². The van der Waals surface area contributed by atoms with E-state index in [0.717, 1.165) is 19.3 Å². The van der Waals surface area contributed by atoms with Crippen molar-refractivity contribution in [2.45, 2.75) is 58.2 Å². The Morgan fingerprint density at radius 1 is 1.42 bits per heavy atom. The van der Waals surface area contributed by atoms with Gasteiger partial charge in [-0.1, -0.05) is 29.8 Å². The Labute approximate surface area is 122 Å². The zero-order valence-corrected chi connectivity index (χ0v) is 13.0. The van der Waals surface area contributed by atoms with E-state index in [9.17, 15) is 0 Å². The molecule has 1 saturated heterocycles. The van der Waals surface area contributed by atoms with Gasteiger partial charge in [0.2, 0.25) is 0 Å². The van der Waals surface area contributed by atoms with E-state index >= 15 is 0 Å². The van der Waals surface area contributed by atoms with Crippen molar-refractivity contribution in [2.24, 2.45) is 5.92 Å². The van der Waals surface area contributed by atoms with Gasteiger partial charge in [-0.25, -0.2) is 0 Å². The van der Waals surface area contributed by atoms with Crippen molar-refractivity contribution >= 4 is 11.6 Å². The molecule has 1 aliphatic heterocycles. The Morgan fingerprint density at radius 3 is 2.79 bits per heavy atom. The number of ether oxygens (including phenoxy) is 1. The van der Waals surface area contributed by atoms with Crippen LogP contribution < -0.4 is 0 Å². The summed E-state index contributed by atoms with van der Waals surface area (Å²) in [5, 5.41) is 0. The smallest absolute Gasteiger partial charge is 0.0631 e. The molecule has 0 aliphatic carbocycles. The van der Waals surface area contributed by atoms with Gasteiger partial charge in [0.25, 0.3) is 0 Å². The van der Waals surface area contributed by atoms with Crippen LogP contribution in [0.15, 0.2) is 24.3 Å². The third kappa shape index (κ3) is 4.50. The molecule has 19 heavy (non-hydrogen) atoms. The van der Waals surface area contributed by atoms with Gasteiger partial charge in [0, 0.05) is 5.88 Å². The number of benzene rings is 1. The number of hydrogen-bond acceptors (Lipinski definition) is 1. The molecule has 2 unspecified atom stereocenters. The van der Waals surface area contributed by atoms with E-state index in [1.807, 2.05) is 0 Å². The highest BCUT2D eigenvalue weighted by Crippen LogP contribution is 2.33. The number of rotatable bonds is 5. The van der Waals surface area contributed by atoms with Crippen LogP contribution in [0, 0.1) is 12.8 Å². The quantitative estimate of drug-likeness (QED) is 0.708. The first-order valence-electron chi connectivity index (χ1n) is 7.28. The Balaban J connectivity index is 1.90. The molecule has 0 bridgehead atoms. The minimum absolute atomic E-state index is 0.0604. The normalized spacial score (nSPS) is 23.5. The van der Waals surface area contributed by atoms with Crippen molar-refractivity contribution in [3.63, 3.8) is 0 Å². The van der Waals surface area contributed by atoms with Crippen LogP contribution in [0.5, 0.6) is 0 Å². The molecule has 1 aromatic rings. The summed E-state index contributed by atoms with van der Waals surface area (Å²) in [6.07, 6.45) is 4.88. The van der Waals surface area contributed by atoms with Gasteiger partial charge in [-0.15, -0.1) is 11.6 Å². The molecule has 0 N–H and O–H groups in total. The van der Waals surface area contributed by atoms with Crippen LogP contribution in [0.2, 0.25) is 0 Å². The fourth-order valence-electron chi connectivity index (χ4n) is 2.99. The number of aryl methyl sites for hydroxylation is 1. The second kappa shape index (κ2) is 6.28. The summed E-state index contributed by atoms with van der Waals surface area (Å²) >= 11 is 6.15. The first kappa shape index (κ1) is 14.9.